The van der Waals surface area contributed by atoms with Gasteiger partial charge in [-0.05, 0) is 23.6 Å². The van der Waals surface area contributed by atoms with Gasteiger partial charge >= 0.3 is 0 Å². The lowest BCUT2D eigenvalue weighted by atomic mass is 10.2. The molecule has 1 aromatic heterocycles. The van der Waals surface area contributed by atoms with Gasteiger partial charge in [-0.3, -0.25) is 4.79 Å². The summed E-state index contributed by atoms with van der Waals surface area (Å²) in [6, 6.07) is 7.63. The number of anilines is 1. The van der Waals surface area contributed by atoms with Crippen molar-refractivity contribution in [2.45, 2.75) is 6.54 Å². The van der Waals surface area contributed by atoms with Crippen LogP contribution in [0.2, 0.25) is 0 Å². The Labute approximate surface area is 143 Å². The van der Waals surface area contributed by atoms with Crippen LogP contribution in [0.15, 0.2) is 35.7 Å². The van der Waals surface area contributed by atoms with E-state index in [0.29, 0.717) is 12.2 Å². The molecule has 7 heteroatoms. The van der Waals surface area contributed by atoms with Crippen LogP contribution in [0.25, 0.3) is 0 Å². The minimum Gasteiger partial charge on any atom is -0.321 e. The van der Waals surface area contributed by atoms with Crippen molar-refractivity contribution in [3.63, 3.8) is 0 Å². The smallest absolute Gasteiger partial charge is 0.279 e. The predicted octanol–water partition coefficient (Wildman–Crippen LogP) is -0.0516. The third-order valence-electron chi connectivity index (χ3n) is 4.28. The van der Waals surface area contributed by atoms with Gasteiger partial charge in [-0.15, -0.1) is 11.3 Å². The van der Waals surface area contributed by atoms with Gasteiger partial charge in [-0.1, -0.05) is 6.07 Å². The van der Waals surface area contributed by atoms with E-state index in [9.17, 15) is 13.6 Å². The molecule has 1 aliphatic heterocycles. The Kier molecular flexibility index (Phi) is 5.55. The lowest BCUT2D eigenvalue weighted by molar-refractivity contribution is -1.01. The monoisotopic (exact) mass is 353 g/mol. The summed E-state index contributed by atoms with van der Waals surface area (Å²) in [5.41, 5.74) is 0.292. The summed E-state index contributed by atoms with van der Waals surface area (Å²) in [4.78, 5) is 16.2. The van der Waals surface area contributed by atoms with Crippen LogP contribution in [0.1, 0.15) is 4.88 Å². The molecule has 0 spiro atoms. The topological polar surface area (TPSA) is 38.0 Å². The quantitative estimate of drug-likeness (QED) is 0.693. The number of thiophene rings is 1. The highest BCUT2D eigenvalue weighted by molar-refractivity contribution is 7.09. The first-order valence-electron chi connectivity index (χ1n) is 8.04. The molecule has 24 heavy (non-hydrogen) atoms. The average molecular weight is 353 g/mol. The Bertz CT molecular complexity index is 685. The number of carbonyl (C=O) groups is 1. The zero-order chi connectivity index (χ0) is 16.9. The van der Waals surface area contributed by atoms with Crippen LogP contribution in [0.4, 0.5) is 14.5 Å². The average Bonchev–Trinajstić information content (AvgIpc) is 3.06. The van der Waals surface area contributed by atoms with E-state index >= 15 is 0 Å². The Balaban J connectivity index is 1.43. The summed E-state index contributed by atoms with van der Waals surface area (Å²) in [5.74, 6) is -2.04. The second-order valence-electron chi connectivity index (χ2n) is 6.11. The zero-order valence-electron chi connectivity index (χ0n) is 13.3. The second kappa shape index (κ2) is 7.83. The van der Waals surface area contributed by atoms with Crippen LogP contribution < -0.4 is 15.1 Å². The molecule has 0 radical (unpaired) electrons. The van der Waals surface area contributed by atoms with Crippen LogP contribution in [0.3, 0.4) is 0 Å². The maximum atomic E-state index is 13.2. The highest BCUT2D eigenvalue weighted by atomic mass is 32.1. The summed E-state index contributed by atoms with van der Waals surface area (Å²) in [7, 11) is 0. The maximum absolute atomic E-state index is 13.2. The molecule has 128 valence electrons. The maximum Gasteiger partial charge on any atom is 0.279 e. The molecule has 1 aliphatic rings. The van der Waals surface area contributed by atoms with E-state index in [2.05, 4.69) is 22.8 Å². The van der Waals surface area contributed by atoms with Crippen molar-refractivity contribution in [2.24, 2.45) is 0 Å². The molecule has 1 amide bonds. The summed E-state index contributed by atoms with van der Waals surface area (Å²) >= 11 is 1.78. The van der Waals surface area contributed by atoms with Gasteiger partial charge < -0.3 is 15.1 Å². The Hall–Kier alpha value is -1.83. The van der Waals surface area contributed by atoms with E-state index in [0.717, 1.165) is 44.9 Å². The molecule has 0 bridgehead atoms. The first-order chi connectivity index (χ1) is 11.6. The lowest BCUT2D eigenvalue weighted by Gasteiger charge is -2.29. The number of nitrogens with one attached hydrogen (secondary N) is 3. The van der Waals surface area contributed by atoms with Crippen LogP contribution >= 0.6 is 11.3 Å². The molecule has 2 aromatic rings. The van der Waals surface area contributed by atoms with Crippen molar-refractivity contribution in [3.8, 4) is 0 Å². The molecule has 3 rings (SSSR count). The van der Waals surface area contributed by atoms with Gasteiger partial charge in [0.2, 0.25) is 0 Å². The standard InChI is InChI=1S/C17H19F2N3OS/c18-15-4-3-13(10-16(15)19)20-17(23)12-22-7-5-21(6-8-22)11-14-2-1-9-24-14/h1-4,9-10H,5-8,11-12H2,(H,20,23)/p+2. The molecule has 1 saturated heterocycles. The summed E-state index contributed by atoms with van der Waals surface area (Å²) in [5, 5.41) is 4.73. The van der Waals surface area contributed by atoms with Crippen molar-refractivity contribution >= 4 is 22.9 Å². The fourth-order valence-corrected chi connectivity index (χ4v) is 3.75. The number of hydrogen-bond donors (Lipinski definition) is 3. The lowest BCUT2D eigenvalue weighted by Crippen LogP contribution is -3.28. The Morgan fingerprint density at radius 2 is 1.83 bits per heavy atom. The fraction of sp³-hybridized carbons (Fsp3) is 0.353. The first kappa shape index (κ1) is 17.0. The summed E-state index contributed by atoms with van der Waals surface area (Å²) < 4.78 is 26.0. The molecule has 0 unspecified atom stereocenters. The number of piperazine rings is 1. The van der Waals surface area contributed by atoms with Crippen LogP contribution in [0, 0.1) is 11.6 Å². The molecule has 1 aromatic carbocycles. The van der Waals surface area contributed by atoms with Crippen molar-refractivity contribution < 1.29 is 23.4 Å². The molecule has 1 fully saturated rings. The van der Waals surface area contributed by atoms with E-state index in [1.807, 2.05) is 0 Å². The molecule has 0 aliphatic carbocycles. The number of rotatable bonds is 5. The van der Waals surface area contributed by atoms with E-state index in [1.165, 1.54) is 15.8 Å². The Morgan fingerprint density at radius 3 is 2.50 bits per heavy atom. The number of carbonyl (C=O) groups excluding carboxylic acids is 1. The van der Waals surface area contributed by atoms with Gasteiger partial charge in [0, 0.05) is 11.8 Å². The van der Waals surface area contributed by atoms with Gasteiger partial charge in [-0.2, -0.15) is 0 Å². The van der Waals surface area contributed by atoms with Gasteiger partial charge in [0.25, 0.3) is 5.91 Å². The zero-order valence-corrected chi connectivity index (χ0v) is 14.1. The van der Waals surface area contributed by atoms with E-state index in [-0.39, 0.29) is 5.91 Å². The van der Waals surface area contributed by atoms with Gasteiger partial charge in [0.15, 0.2) is 18.2 Å². The largest absolute Gasteiger partial charge is 0.321 e. The van der Waals surface area contributed by atoms with E-state index in [1.54, 1.807) is 16.2 Å². The minimum absolute atomic E-state index is 0.169. The van der Waals surface area contributed by atoms with Crippen LogP contribution in [0.5, 0.6) is 0 Å². The molecule has 0 atom stereocenters. The summed E-state index contributed by atoms with van der Waals surface area (Å²) in [6.45, 7) is 5.34. The third kappa shape index (κ3) is 4.59. The predicted molar refractivity (Wildman–Crippen MR) is 89.3 cm³/mol. The number of amides is 1. The molecule has 3 N–H and O–H groups in total. The fourth-order valence-electron chi connectivity index (χ4n) is 2.98. The van der Waals surface area contributed by atoms with Gasteiger partial charge in [-0.25, -0.2) is 8.78 Å². The van der Waals surface area contributed by atoms with Gasteiger partial charge in [0.1, 0.15) is 32.7 Å². The third-order valence-corrected chi connectivity index (χ3v) is 5.16. The summed E-state index contributed by atoms with van der Waals surface area (Å²) in [6.07, 6.45) is 0. The van der Waals surface area contributed by atoms with Crippen molar-refractivity contribution in [2.75, 3.05) is 38.0 Å². The molecular formula is C17H21F2N3OS+2. The first-order valence-corrected chi connectivity index (χ1v) is 8.92. The molecule has 0 saturated carbocycles. The van der Waals surface area contributed by atoms with Crippen LogP contribution in [-0.2, 0) is 11.3 Å². The van der Waals surface area contributed by atoms with E-state index in [4.69, 9.17) is 0 Å². The highest BCUT2D eigenvalue weighted by Crippen LogP contribution is 2.12. The SMILES string of the molecule is O=C(C[NH+]1CC[NH+](Cc2cccs2)CC1)Nc1ccc(F)c(F)c1. The molecule has 4 nitrogen and oxygen atoms in total. The number of hydrogen-bond acceptors (Lipinski definition) is 2. The number of quaternary nitrogens is 2. The molecule has 2 heterocycles. The Morgan fingerprint density at radius 1 is 1.08 bits per heavy atom. The normalized spacial score (nSPS) is 20.8. The number of halogens is 2. The van der Waals surface area contributed by atoms with E-state index < -0.39 is 11.6 Å². The van der Waals surface area contributed by atoms with Crippen molar-refractivity contribution in [1.29, 1.82) is 0 Å². The van der Waals surface area contributed by atoms with Gasteiger partial charge in [0.05, 0.1) is 4.88 Å². The number of benzene rings is 1. The highest BCUT2D eigenvalue weighted by Gasteiger charge is 2.25. The van der Waals surface area contributed by atoms with Crippen LogP contribution in [-0.4, -0.2) is 38.6 Å². The van der Waals surface area contributed by atoms with Crippen molar-refractivity contribution in [1.82, 2.24) is 0 Å². The molecular weight excluding hydrogens is 332 g/mol. The minimum atomic E-state index is -0.953. The second-order valence-corrected chi connectivity index (χ2v) is 7.14. The van der Waals surface area contributed by atoms with Crippen molar-refractivity contribution in [3.05, 3.63) is 52.2 Å².